The lowest BCUT2D eigenvalue weighted by molar-refractivity contribution is -0.295. The minimum Gasteiger partial charge on any atom is -0.359 e. The van der Waals surface area contributed by atoms with Gasteiger partial charge in [-0.3, -0.25) is 4.79 Å². The van der Waals surface area contributed by atoms with E-state index in [0.717, 1.165) is 19.5 Å². The number of anilines is 1. The summed E-state index contributed by atoms with van der Waals surface area (Å²) in [6.45, 7) is 3.38. The summed E-state index contributed by atoms with van der Waals surface area (Å²) in [4.78, 5) is 21.9. The zero-order valence-electron chi connectivity index (χ0n) is 13.9. The number of hydrogen-bond acceptors (Lipinski definition) is 5. The number of halogens is 5. The Morgan fingerprint density at radius 1 is 1.35 bits per heavy atom. The van der Waals surface area contributed by atoms with Crippen LogP contribution >= 0.6 is 0 Å². The van der Waals surface area contributed by atoms with Gasteiger partial charge in [0.25, 0.3) is 0 Å². The Morgan fingerprint density at radius 2 is 1.92 bits per heavy atom. The molecule has 1 aliphatic heterocycles. The van der Waals surface area contributed by atoms with Crippen LogP contribution in [0.4, 0.5) is 27.8 Å². The lowest BCUT2D eigenvalue weighted by atomic mass is 9.79. The van der Waals surface area contributed by atoms with Crippen molar-refractivity contribution in [2.75, 3.05) is 18.4 Å². The zero-order valence-corrected chi connectivity index (χ0v) is 13.9. The van der Waals surface area contributed by atoms with Crippen molar-refractivity contribution in [3.8, 4) is 0 Å². The van der Waals surface area contributed by atoms with Crippen LogP contribution in [0.15, 0.2) is 12.4 Å². The number of aromatic nitrogens is 2. The molecule has 1 aromatic heterocycles. The number of aliphatic hydroxyl groups is 1. The maximum Gasteiger partial charge on any atom is 0.519 e. The summed E-state index contributed by atoms with van der Waals surface area (Å²) in [5.41, 5.74) is 0.613. The van der Waals surface area contributed by atoms with E-state index in [1.807, 2.05) is 0 Å². The molecule has 1 amide bonds. The lowest BCUT2D eigenvalue weighted by Gasteiger charge is -2.35. The molecule has 2 fully saturated rings. The summed E-state index contributed by atoms with van der Waals surface area (Å²) in [5, 5.41) is 9.55. The fourth-order valence-corrected chi connectivity index (χ4v) is 2.64. The number of carbonyl (C=O) groups is 1. The van der Waals surface area contributed by atoms with E-state index < -0.39 is 12.3 Å². The molecule has 1 saturated heterocycles. The van der Waals surface area contributed by atoms with Gasteiger partial charge in [-0.25, -0.2) is 18.7 Å². The Bertz CT molecular complexity index is 623. The van der Waals surface area contributed by atoms with Crippen molar-refractivity contribution in [1.82, 2.24) is 14.9 Å². The van der Waals surface area contributed by atoms with Crippen molar-refractivity contribution in [2.24, 2.45) is 0 Å². The summed E-state index contributed by atoms with van der Waals surface area (Å²) in [6.07, 6.45) is -2.92. The summed E-state index contributed by atoms with van der Waals surface area (Å²) >= 11 is 0. The molecule has 2 aliphatic rings. The van der Waals surface area contributed by atoms with Crippen molar-refractivity contribution in [3.63, 3.8) is 0 Å². The first-order chi connectivity index (χ1) is 11.9. The molecule has 1 aromatic rings. The second kappa shape index (κ2) is 7.68. The first-order valence-corrected chi connectivity index (χ1v) is 7.99. The summed E-state index contributed by atoms with van der Waals surface area (Å²) in [7, 11) is 0. The van der Waals surface area contributed by atoms with E-state index >= 15 is 0 Å². The number of likely N-dealkylation sites (tertiary alicyclic amines) is 1. The molecule has 0 radical (unpaired) electrons. The number of nitrogens with zero attached hydrogens (tertiary/aromatic N) is 3. The predicted molar refractivity (Wildman–Crippen MR) is 81.5 cm³/mol. The molecule has 1 atom stereocenters. The van der Waals surface area contributed by atoms with E-state index in [1.165, 1.54) is 6.33 Å². The van der Waals surface area contributed by atoms with Crippen LogP contribution < -0.4 is 5.32 Å². The standard InChI is InChI=1S/C14H18F2N4O.CHF3O/c1-9(13(21)20-3-2-4-20)19-12-5-11(17-8-18-12)10-6-14(15,16)7-10;2-1(3,4)5/h5,8-10H,2-4,6-7H2,1H3,(H,17,18,19);5H/t9-;/m1./s1. The Hall–Kier alpha value is -2.04. The zero-order chi connectivity index (χ0) is 19.5. The van der Waals surface area contributed by atoms with Crippen LogP contribution in [0.5, 0.6) is 0 Å². The van der Waals surface area contributed by atoms with E-state index in [-0.39, 0.29) is 30.7 Å². The van der Waals surface area contributed by atoms with E-state index in [2.05, 4.69) is 15.3 Å². The Balaban J connectivity index is 0.000000431. The molecular formula is C15H19F5N4O2. The van der Waals surface area contributed by atoms with Gasteiger partial charge in [-0.05, 0) is 13.3 Å². The molecule has 146 valence electrons. The van der Waals surface area contributed by atoms with Crippen LogP contribution in [0.2, 0.25) is 0 Å². The highest BCUT2D eigenvalue weighted by atomic mass is 19.4. The fourth-order valence-electron chi connectivity index (χ4n) is 2.64. The molecule has 0 bridgehead atoms. The summed E-state index contributed by atoms with van der Waals surface area (Å²) < 4.78 is 55.6. The topological polar surface area (TPSA) is 78.4 Å². The number of alkyl halides is 5. The van der Waals surface area contributed by atoms with Gasteiger partial charge in [0, 0.05) is 43.6 Å². The molecule has 1 aliphatic carbocycles. The first-order valence-electron chi connectivity index (χ1n) is 7.99. The summed E-state index contributed by atoms with van der Waals surface area (Å²) in [6, 6.07) is 1.29. The minimum atomic E-state index is -5.00. The first kappa shape index (κ1) is 20.3. The second-order valence-electron chi connectivity index (χ2n) is 6.30. The second-order valence-corrected chi connectivity index (χ2v) is 6.30. The van der Waals surface area contributed by atoms with Crippen LogP contribution in [0.25, 0.3) is 0 Å². The van der Waals surface area contributed by atoms with Gasteiger partial charge < -0.3 is 15.3 Å². The van der Waals surface area contributed by atoms with Crippen molar-refractivity contribution in [3.05, 3.63) is 18.1 Å². The van der Waals surface area contributed by atoms with Crippen LogP contribution in [-0.2, 0) is 4.79 Å². The third kappa shape index (κ3) is 6.04. The number of nitrogens with one attached hydrogen (secondary N) is 1. The Morgan fingerprint density at radius 3 is 2.38 bits per heavy atom. The highest BCUT2D eigenvalue weighted by Crippen LogP contribution is 2.47. The van der Waals surface area contributed by atoms with Gasteiger partial charge in [-0.15, -0.1) is 13.2 Å². The van der Waals surface area contributed by atoms with Crippen LogP contribution in [-0.4, -0.2) is 57.3 Å². The average Bonchev–Trinajstić information content (AvgIpc) is 2.41. The molecule has 3 rings (SSSR count). The van der Waals surface area contributed by atoms with Gasteiger partial charge in [-0.1, -0.05) is 0 Å². The molecule has 0 spiro atoms. The molecule has 0 aromatic carbocycles. The van der Waals surface area contributed by atoms with Crippen molar-refractivity contribution < 1.29 is 31.9 Å². The maximum atomic E-state index is 12.9. The molecule has 1 saturated carbocycles. The molecule has 2 N–H and O–H groups in total. The van der Waals surface area contributed by atoms with Gasteiger partial charge in [0.2, 0.25) is 11.8 Å². The largest absolute Gasteiger partial charge is 0.519 e. The number of carbonyl (C=O) groups excluding carboxylic acids is 1. The Labute approximate surface area is 146 Å². The van der Waals surface area contributed by atoms with Gasteiger partial charge in [-0.2, -0.15) is 0 Å². The number of amides is 1. The van der Waals surface area contributed by atoms with E-state index in [0.29, 0.717) is 11.5 Å². The van der Waals surface area contributed by atoms with Crippen LogP contribution in [0.1, 0.15) is 37.8 Å². The SMILES string of the molecule is C[C@@H](Nc1cc(C2CC(F)(F)C2)ncn1)C(=O)N1CCC1.OC(F)(F)F. The average molecular weight is 382 g/mol. The van der Waals surface area contributed by atoms with Gasteiger partial charge >= 0.3 is 6.36 Å². The van der Waals surface area contributed by atoms with E-state index in [1.54, 1.807) is 17.9 Å². The van der Waals surface area contributed by atoms with Crippen molar-refractivity contribution in [1.29, 1.82) is 0 Å². The fraction of sp³-hybridized carbons (Fsp3) is 0.667. The lowest BCUT2D eigenvalue weighted by Crippen LogP contribution is -2.48. The Kier molecular flexibility index (Phi) is 5.99. The van der Waals surface area contributed by atoms with Gasteiger partial charge in [0.1, 0.15) is 18.2 Å². The van der Waals surface area contributed by atoms with E-state index in [4.69, 9.17) is 5.11 Å². The summed E-state index contributed by atoms with van der Waals surface area (Å²) in [5.74, 6) is -2.23. The van der Waals surface area contributed by atoms with Gasteiger partial charge in [0.05, 0.1) is 0 Å². The minimum absolute atomic E-state index is 0.0385. The predicted octanol–water partition coefficient (Wildman–Crippen LogP) is 2.52. The van der Waals surface area contributed by atoms with Crippen LogP contribution in [0.3, 0.4) is 0 Å². The smallest absolute Gasteiger partial charge is 0.359 e. The maximum absolute atomic E-state index is 12.9. The normalized spacial score (nSPS) is 20.2. The van der Waals surface area contributed by atoms with Crippen molar-refractivity contribution >= 4 is 11.7 Å². The number of rotatable bonds is 4. The molecule has 0 unspecified atom stereocenters. The quantitative estimate of drug-likeness (QED) is 0.783. The highest BCUT2D eigenvalue weighted by Gasteiger charge is 2.46. The highest BCUT2D eigenvalue weighted by molar-refractivity contribution is 5.84. The van der Waals surface area contributed by atoms with Crippen LogP contribution in [0, 0.1) is 0 Å². The molecule has 11 heteroatoms. The number of hydrogen-bond donors (Lipinski definition) is 2. The molecular weight excluding hydrogens is 363 g/mol. The van der Waals surface area contributed by atoms with E-state index in [9.17, 15) is 26.7 Å². The molecule has 6 nitrogen and oxygen atoms in total. The third-order valence-corrected chi connectivity index (χ3v) is 4.10. The monoisotopic (exact) mass is 382 g/mol. The molecule has 26 heavy (non-hydrogen) atoms. The van der Waals surface area contributed by atoms with Crippen molar-refractivity contribution in [2.45, 2.75) is 50.4 Å². The third-order valence-electron chi connectivity index (χ3n) is 4.10. The van der Waals surface area contributed by atoms with Gasteiger partial charge in [0.15, 0.2) is 0 Å². The molecule has 2 heterocycles.